The Morgan fingerprint density at radius 3 is 2.18 bits per heavy atom. The zero-order valence-corrected chi connectivity index (χ0v) is 44.1. The third-order valence-corrected chi connectivity index (χ3v) is 15.4. The fraction of sp³-hybridized carbons (Fsp3) is 0.276. The standard InChI is InChI=1S/C39H32FN4S.C19H25FNSi.Ir/c1-20(2)29-16-22(5)17-30(21(3)4)35(29)44-36-33(14-12-24-11-10-23(6)41-34(24)36)42-38(44)28-9-7-8-27-31-19-25-18-26(40)13-15-32(25)43-39(31)45-37(27)28;1-13(2)9-15-11-18(21-12-19(15)22(4,5)6)17-8-7-16(20)10-14(17)3;/h7-8,10-21H,1-6H3;7,10-13H,9H2,1-6H3;/q2*-1;/i6D3;3D3;. The average molecular weight is 1120 g/mol. The van der Waals surface area contributed by atoms with Gasteiger partial charge in [-0.3, -0.25) is 14.4 Å². The minimum absolute atomic E-state index is 0. The van der Waals surface area contributed by atoms with Crippen molar-refractivity contribution in [3.63, 3.8) is 0 Å². The van der Waals surface area contributed by atoms with Gasteiger partial charge in [-0.2, -0.15) is 11.3 Å². The van der Waals surface area contributed by atoms with E-state index in [1.807, 2.05) is 48.7 Å². The second-order valence-electron chi connectivity index (χ2n) is 19.6. The fourth-order valence-corrected chi connectivity index (χ4v) is 11.9. The van der Waals surface area contributed by atoms with Crippen molar-refractivity contribution in [2.75, 3.05) is 0 Å². The average Bonchev–Trinajstić information content (AvgIpc) is 3.88. The molecular weight excluding hydrogens is 1060 g/mol. The fourth-order valence-electron chi connectivity index (χ4n) is 9.17. The molecule has 349 valence electrons. The van der Waals surface area contributed by atoms with Gasteiger partial charge >= 0.3 is 0 Å². The molecular formula is C58H57F2IrN5SSi-2. The number of rotatable bonds is 8. The van der Waals surface area contributed by atoms with Crippen LogP contribution in [0.3, 0.4) is 0 Å². The summed E-state index contributed by atoms with van der Waals surface area (Å²) in [6.07, 6.45) is 2.78. The molecule has 0 spiro atoms. The van der Waals surface area contributed by atoms with E-state index in [1.54, 1.807) is 23.5 Å². The number of nitrogens with zero attached hydrogens (tertiary/aromatic N) is 5. The molecule has 68 heavy (non-hydrogen) atoms. The summed E-state index contributed by atoms with van der Waals surface area (Å²) >= 11 is 1.57. The molecule has 5 aromatic carbocycles. The topological polar surface area (TPSA) is 56.5 Å². The van der Waals surface area contributed by atoms with Crippen LogP contribution in [0, 0.1) is 50.3 Å². The van der Waals surface area contributed by atoms with E-state index >= 15 is 0 Å². The van der Waals surface area contributed by atoms with Gasteiger partial charge in [0, 0.05) is 67.9 Å². The van der Waals surface area contributed by atoms with Gasteiger partial charge in [-0.1, -0.05) is 120 Å². The van der Waals surface area contributed by atoms with Crippen molar-refractivity contribution in [1.82, 2.24) is 24.5 Å². The van der Waals surface area contributed by atoms with Crippen molar-refractivity contribution in [2.45, 2.75) is 100 Å². The van der Waals surface area contributed by atoms with Gasteiger partial charge < -0.3 is 9.55 Å². The Kier molecular flexibility index (Phi) is 11.7. The molecule has 0 aliphatic rings. The largest absolute Gasteiger partial charge is 0.331 e. The normalized spacial score (nSPS) is 13.7. The predicted octanol–water partition coefficient (Wildman–Crippen LogP) is 15.7. The Balaban J connectivity index is 0.000000238. The van der Waals surface area contributed by atoms with Gasteiger partial charge in [0.05, 0.1) is 36.0 Å². The van der Waals surface area contributed by atoms with Crippen molar-refractivity contribution in [1.29, 1.82) is 0 Å². The molecule has 0 atom stereocenters. The first-order valence-corrected chi connectivity index (χ1v) is 27.1. The molecule has 0 saturated carbocycles. The van der Waals surface area contributed by atoms with Crippen molar-refractivity contribution < 1.29 is 37.1 Å². The second kappa shape index (κ2) is 19.1. The minimum atomic E-state index is -2.41. The van der Waals surface area contributed by atoms with E-state index in [4.69, 9.17) is 23.2 Å². The monoisotopic (exact) mass is 1120 g/mol. The number of imidazole rings is 1. The van der Waals surface area contributed by atoms with Crippen molar-refractivity contribution in [2.24, 2.45) is 5.92 Å². The SMILES string of the molecule is [2H]C([2H])([2H])c1cc(F)c[c-]c1-c1cc(CC(C)C)c([Si](C)(C)C)cn1.[2H]C([2H])([2H])c1ccc2ccc3nc(-c4[c-]ccc5c4sc4nc6ccc(F)cc6cc45)n(-c4c(C(C)C)cc(C)cc4C(C)C)c3c2n1.[Ir]. The van der Waals surface area contributed by atoms with E-state index in [1.165, 1.54) is 45.6 Å². The first kappa shape index (κ1) is 41.5. The maximum Gasteiger partial charge on any atom is 0.123 e. The summed E-state index contributed by atoms with van der Waals surface area (Å²) in [5.74, 6) is 0.641. The van der Waals surface area contributed by atoms with E-state index in [0.29, 0.717) is 34.0 Å². The maximum absolute atomic E-state index is 14.2. The summed E-state index contributed by atoms with van der Waals surface area (Å²) in [4.78, 5) is 20.4. The Morgan fingerprint density at radius 1 is 0.750 bits per heavy atom. The number of thiophene rings is 1. The van der Waals surface area contributed by atoms with Gasteiger partial charge in [0.2, 0.25) is 0 Å². The third-order valence-electron chi connectivity index (χ3n) is 12.2. The Labute approximate surface area is 425 Å². The number of pyridine rings is 3. The molecule has 0 aliphatic heterocycles. The molecule has 0 amide bonds. The third kappa shape index (κ3) is 9.33. The molecule has 10 aromatic rings. The molecule has 1 radical (unpaired) electrons. The van der Waals surface area contributed by atoms with Crippen LogP contribution < -0.4 is 5.19 Å². The minimum Gasteiger partial charge on any atom is -0.331 e. The molecule has 10 heteroatoms. The number of hydrogen-bond donors (Lipinski definition) is 0. The molecule has 0 N–H and O–H groups in total. The van der Waals surface area contributed by atoms with Crippen LogP contribution in [0.5, 0.6) is 0 Å². The second-order valence-corrected chi connectivity index (χ2v) is 25.7. The predicted molar refractivity (Wildman–Crippen MR) is 281 cm³/mol. The molecule has 5 heterocycles. The van der Waals surface area contributed by atoms with Crippen LogP contribution in [0.25, 0.3) is 81.5 Å². The van der Waals surface area contributed by atoms with Crippen LogP contribution in [0.1, 0.15) is 95.1 Å². The first-order chi connectivity index (χ1) is 34.3. The molecule has 0 fully saturated rings. The summed E-state index contributed by atoms with van der Waals surface area (Å²) in [5.41, 5.74) is 10.2. The van der Waals surface area contributed by atoms with Gasteiger partial charge in [0.25, 0.3) is 0 Å². The molecule has 5 aromatic heterocycles. The molecule has 10 rings (SSSR count). The molecule has 0 bridgehead atoms. The molecule has 5 nitrogen and oxygen atoms in total. The van der Waals surface area contributed by atoms with E-state index in [-0.39, 0.29) is 49.0 Å². The molecule has 0 aliphatic carbocycles. The van der Waals surface area contributed by atoms with Gasteiger partial charge in [0.15, 0.2) is 0 Å². The summed E-state index contributed by atoms with van der Waals surface area (Å²) in [7, 11) is -1.57. The first-order valence-electron chi connectivity index (χ1n) is 25.8. The Bertz CT molecular complexity index is 3760. The van der Waals surface area contributed by atoms with Crippen molar-refractivity contribution in [3.05, 3.63) is 154 Å². The zero-order valence-electron chi connectivity index (χ0n) is 45.9. The van der Waals surface area contributed by atoms with Crippen LogP contribution in [0.2, 0.25) is 19.6 Å². The van der Waals surface area contributed by atoms with Gasteiger partial charge in [-0.05, 0) is 101 Å². The number of hydrogen-bond acceptors (Lipinski definition) is 5. The van der Waals surface area contributed by atoms with Gasteiger partial charge in [-0.15, -0.1) is 47.5 Å². The number of halogens is 2. The van der Waals surface area contributed by atoms with Gasteiger partial charge in [0.1, 0.15) is 10.6 Å². The van der Waals surface area contributed by atoms with Gasteiger partial charge in [-0.25, -0.2) is 9.37 Å². The molecule has 0 saturated heterocycles. The Hall–Kier alpha value is -5.51. The maximum atomic E-state index is 14.2. The number of fused-ring (bicyclic) bond motifs is 7. The van der Waals surface area contributed by atoms with E-state index < -0.39 is 27.6 Å². The molecule has 0 unspecified atom stereocenters. The van der Waals surface area contributed by atoms with Crippen molar-refractivity contribution >= 4 is 77.7 Å². The smallest absolute Gasteiger partial charge is 0.123 e. The van der Waals surface area contributed by atoms with E-state index in [9.17, 15) is 8.78 Å². The van der Waals surface area contributed by atoms with Crippen molar-refractivity contribution in [3.8, 4) is 28.3 Å². The summed E-state index contributed by atoms with van der Waals surface area (Å²) in [5, 5.41) is 4.80. The Morgan fingerprint density at radius 2 is 1.49 bits per heavy atom. The van der Waals surface area contributed by atoms with E-state index in [0.717, 1.165) is 65.8 Å². The van der Waals surface area contributed by atoms with Crippen LogP contribution in [0.15, 0.2) is 97.2 Å². The number of benzene rings is 5. The van der Waals surface area contributed by atoms with E-state index in [2.05, 4.69) is 102 Å². The van der Waals surface area contributed by atoms with Crippen LogP contribution >= 0.6 is 11.3 Å². The number of aryl methyl sites for hydroxylation is 3. The van der Waals surface area contributed by atoms with Crippen LogP contribution in [-0.4, -0.2) is 32.6 Å². The summed E-state index contributed by atoms with van der Waals surface area (Å²) in [6.45, 7) is 17.3. The number of aromatic nitrogens is 5. The van der Waals surface area contributed by atoms with Crippen LogP contribution in [0.4, 0.5) is 8.78 Å². The van der Waals surface area contributed by atoms with Crippen LogP contribution in [-0.2, 0) is 26.5 Å². The summed E-state index contributed by atoms with van der Waals surface area (Å²) in [6, 6.07) is 33.0. The quantitative estimate of drug-likeness (QED) is 0.112. The summed E-state index contributed by atoms with van der Waals surface area (Å²) < 4.78 is 78.5. The zero-order chi connectivity index (χ0) is 52.6.